The molecule has 0 saturated heterocycles. The summed E-state index contributed by atoms with van der Waals surface area (Å²) in [5.74, 6) is -0.755. The van der Waals surface area contributed by atoms with Crippen LogP contribution in [0, 0.1) is 5.92 Å². The predicted molar refractivity (Wildman–Crippen MR) is 138 cm³/mol. The van der Waals surface area contributed by atoms with E-state index in [9.17, 15) is 18.0 Å². The second-order valence-corrected chi connectivity index (χ2v) is 10.1. The number of methoxy groups -OCH3 is 1. The van der Waals surface area contributed by atoms with Gasteiger partial charge < -0.3 is 15.4 Å². The molecule has 15 heteroatoms. The second-order valence-electron chi connectivity index (χ2n) is 8.02. The number of nitrogens with zero attached hydrogens (tertiary/aromatic N) is 6. The molecule has 5 rings (SSSR count). The van der Waals surface area contributed by atoms with Crippen molar-refractivity contribution in [2.75, 3.05) is 17.7 Å². The van der Waals surface area contributed by atoms with E-state index in [-0.39, 0.29) is 29.8 Å². The number of nitrogens with one attached hydrogen (secondary N) is 2. The van der Waals surface area contributed by atoms with Crippen molar-refractivity contribution in [3.63, 3.8) is 0 Å². The number of hydrogen-bond donors (Lipinski definition) is 2. The van der Waals surface area contributed by atoms with Crippen LogP contribution in [0.1, 0.15) is 18.7 Å². The number of aromatic nitrogens is 6. The van der Waals surface area contributed by atoms with Gasteiger partial charge in [-0.05, 0) is 40.6 Å². The van der Waals surface area contributed by atoms with E-state index >= 15 is 0 Å². The van der Waals surface area contributed by atoms with Gasteiger partial charge in [0.1, 0.15) is 23.8 Å². The van der Waals surface area contributed by atoms with Crippen LogP contribution < -0.4 is 15.4 Å². The van der Waals surface area contributed by atoms with Crippen molar-refractivity contribution in [3.05, 3.63) is 36.4 Å². The highest BCUT2D eigenvalue weighted by atomic mass is 127. The quantitative estimate of drug-likeness (QED) is 0.208. The predicted octanol–water partition coefficient (Wildman–Crippen LogP) is 5.00. The molecule has 188 valence electrons. The fourth-order valence-electron chi connectivity index (χ4n) is 3.75. The lowest BCUT2D eigenvalue weighted by Gasteiger charge is -2.15. The van der Waals surface area contributed by atoms with E-state index in [0.717, 1.165) is 0 Å². The molecule has 1 amide bonds. The summed E-state index contributed by atoms with van der Waals surface area (Å²) in [7, 11) is 3.23. The summed E-state index contributed by atoms with van der Waals surface area (Å²) in [4.78, 5) is 25.1. The molecule has 0 radical (unpaired) electrons. The number of benzene rings is 1. The number of halogens is 4. The van der Waals surface area contributed by atoms with Crippen LogP contribution >= 0.6 is 28.4 Å². The van der Waals surface area contributed by atoms with Crippen molar-refractivity contribution in [2.24, 2.45) is 13.0 Å². The zero-order valence-electron chi connectivity index (χ0n) is 18.8. The third kappa shape index (κ3) is 4.59. The molecule has 1 unspecified atom stereocenters. The van der Waals surface area contributed by atoms with Crippen LogP contribution in [0.4, 0.5) is 30.4 Å². The standard InChI is InChI=1S/C21H19F3IN8O2P/c1-32-8-26-18(31-32)9-4-3-5-12(16(9)35-2)27-13-7-14(29-21(34)10-6-11(10)22)28-19-15(13)30-20(17(23)24)33(19)36-25/h3-5,7-8,10-11,17,36H,6H2,1-2H3,(H2,27,28,29,34)/t10-,11-/m0/s1. The lowest BCUT2D eigenvalue weighted by molar-refractivity contribution is -0.117. The van der Waals surface area contributed by atoms with Gasteiger partial charge in [-0.1, -0.05) is 6.07 Å². The van der Waals surface area contributed by atoms with Crippen molar-refractivity contribution in [3.8, 4) is 17.1 Å². The number of imidazole rings is 1. The summed E-state index contributed by atoms with van der Waals surface area (Å²) in [6.45, 7) is 0. The van der Waals surface area contributed by atoms with E-state index < -0.39 is 30.2 Å². The monoisotopic (exact) mass is 630 g/mol. The van der Waals surface area contributed by atoms with Crippen LogP contribution in [0.15, 0.2) is 30.6 Å². The molecular formula is C21H19F3IN8O2P. The lowest BCUT2D eigenvalue weighted by Crippen LogP contribution is -2.16. The molecule has 36 heavy (non-hydrogen) atoms. The molecule has 1 aliphatic rings. The lowest BCUT2D eigenvalue weighted by atomic mass is 10.1. The highest BCUT2D eigenvalue weighted by Crippen LogP contribution is 2.41. The van der Waals surface area contributed by atoms with Gasteiger partial charge in [-0.3, -0.25) is 13.8 Å². The number of hydrogen-bond acceptors (Lipinski definition) is 7. The van der Waals surface area contributed by atoms with E-state index in [0.29, 0.717) is 28.5 Å². The first kappa shape index (κ1) is 24.7. The summed E-state index contributed by atoms with van der Waals surface area (Å²) in [5.41, 5.74) is 1.75. The topological polar surface area (TPSA) is 112 Å². The van der Waals surface area contributed by atoms with Crippen LogP contribution in [0.2, 0.25) is 0 Å². The van der Waals surface area contributed by atoms with E-state index in [1.165, 1.54) is 17.5 Å². The molecule has 3 heterocycles. The Labute approximate surface area is 217 Å². The van der Waals surface area contributed by atoms with E-state index in [2.05, 4.69) is 30.7 Å². The molecular weight excluding hydrogens is 611 g/mol. The average Bonchev–Trinajstić information content (AvgIpc) is 3.24. The smallest absolute Gasteiger partial charge is 0.295 e. The van der Waals surface area contributed by atoms with Crippen LogP contribution in [0.25, 0.3) is 22.6 Å². The van der Waals surface area contributed by atoms with Gasteiger partial charge in [0.2, 0.25) is 5.91 Å². The first-order chi connectivity index (χ1) is 17.3. The number of ether oxygens (including phenoxy) is 1. The maximum Gasteiger partial charge on any atom is 0.295 e. The normalized spacial score (nSPS) is 17.3. The molecule has 0 bridgehead atoms. The zero-order valence-corrected chi connectivity index (χ0v) is 22.0. The Kier molecular flexibility index (Phi) is 6.72. The fraction of sp³-hybridized carbons (Fsp3) is 0.286. The number of carbonyl (C=O) groups is 1. The molecule has 1 saturated carbocycles. The highest BCUT2D eigenvalue weighted by Gasteiger charge is 2.43. The van der Waals surface area contributed by atoms with Crippen molar-refractivity contribution >= 4 is 62.7 Å². The molecule has 1 fully saturated rings. The van der Waals surface area contributed by atoms with Gasteiger partial charge in [0.05, 0.1) is 36.3 Å². The average molecular weight is 630 g/mol. The molecule has 3 atom stereocenters. The maximum absolute atomic E-state index is 13.8. The molecule has 4 aromatic rings. The van der Waals surface area contributed by atoms with Crippen molar-refractivity contribution < 1.29 is 22.7 Å². The highest BCUT2D eigenvalue weighted by molar-refractivity contribution is 14.2. The molecule has 3 aromatic heterocycles. The Bertz CT molecular complexity index is 1460. The number of pyridine rings is 1. The minimum atomic E-state index is -2.83. The van der Waals surface area contributed by atoms with Gasteiger partial charge in [0.25, 0.3) is 6.43 Å². The summed E-state index contributed by atoms with van der Waals surface area (Å²) >= 11 is 1.96. The van der Waals surface area contributed by atoms with Crippen LogP contribution in [-0.4, -0.2) is 48.3 Å². The summed E-state index contributed by atoms with van der Waals surface area (Å²) in [6.07, 6.45) is -2.44. The van der Waals surface area contributed by atoms with Gasteiger partial charge in [0, 0.05) is 13.1 Å². The molecule has 2 N–H and O–H groups in total. The van der Waals surface area contributed by atoms with Gasteiger partial charge in [-0.2, -0.15) is 5.10 Å². The number of rotatable bonds is 8. The first-order valence-electron chi connectivity index (χ1n) is 10.6. The van der Waals surface area contributed by atoms with E-state index in [4.69, 9.17) is 4.74 Å². The maximum atomic E-state index is 13.8. The van der Waals surface area contributed by atoms with Crippen LogP contribution in [0.5, 0.6) is 5.75 Å². The number of alkyl halides is 3. The summed E-state index contributed by atoms with van der Waals surface area (Å²) in [5, 5.41) is 10.1. The number of carbonyl (C=O) groups excluding carboxylic acids is 1. The third-order valence-corrected chi connectivity index (χ3v) is 7.61. The zero-order chi connectivity index (χ0) is 25.6. The fourth-order valence-corrected chi connectivity index (χ4v) is 5.64. The minimum Gasteiger partial charge on any atom is -0.494 e. The summed E-state index contributed by atoms with van der Waals surface area (Å²) in [6, 6.07) is 6.77. The largest absolute Gasteiger partial charge is 0.494 e. The van der Waals surface area contributed by atoms with E-state index in [1.807, 2.05) is 22.0 Å². The van der Waals surface area contributed by atoms with Gasteiger partial charge in [0.15, 0.2) is 23.0 Å². The van der Waals surface area contributed by atoms with Crippen molar-refractivity contribution in [2.45, 2.75) is 19.0 Å². The number of para-hydroxylation sites is 1. The molecule has 10 nitrogen and oxygen atoms in total. The number of aryl methyl sites for hydroxylation is 1. The Morgan fingerprint density at radius 3 is 2.69 bits per heavy atom. The number of amides is 1. The van der Waals surface area contributed by atoms with Gasteiger partial charge in [-0.15, -0.1) is 0 Å². The Balaban J connectivity index is 1.62. The minimum absolute atomic E-state index is 0.0900. The van der Waals surface area contributed by atoms with E-state index in [1.54, 1.807) is 36.3 Å². The van der Waals surface area contributed by atoms with Gasteiger partial charge in [-0.25, -0.2) is 28.1 Å². The molecule has 1 aromatic carbocycles. The second kappa shape index (κ2) is 9.81. The number of fused-ring (bicyclic) bond motifs is 1. The first-order valence-corrected chi connectivity index (χ1v) is 14.7. The van der Waals surface area contributed by atoms with Gasteiger partial charge >= 0.3 is 0 Å². The van der Waals surface area contributed by atoms with Crippen molar-refractivity contribution in [1.82, 2.24) is 29.1 Å². The summed E-state index contributed by atoms with van der Waals surface area (Å²) < 4.78 is 49.4. The Morgan fingerprint density at radius 2 is 2.08 bits per heavy atom. The van der Waals surface area contributed by atoms with Crippen LogP contribution in [-0.2, 0) is 11.8 Å². The molecule has 1 aliphatic carbocycles. The molecule has 0 spiro atoms. The third-order valence-electron chi connectivity index (χ3n) is 5.55. The SMILES string of the molecule is COc1c(Nc2cc(NC(=O)[C@H]3C[C@@H]3F)nc3c2nc(C(F)F)n3PI)cccc1-c1ncn(C)n1. The van der Waals surface area contributed by atoms with Crippen LogP contribution in [0.3, 0.4) is 0 Å². The Morgan fingerprint density at radius 1 is 1.31 bits per heavy atom. The Hall–Kier alpha value is -3.00. The van der Waals surface area contributed by atoms with Crippen molar-refractivity contribution in [1.29, 1.82) is 0 Å². The number of anilines is 3. The molecule has 0 aliphatic heterocycles.